The van der Waals surface area contributed by atoms with Gasteiger partial charge in [0.1, 0.15) is 22.7 Å². The fourth-order valence-corrected chi connectivity index (χ4v) is 6.51. The Morgan fingerprint density at radius 1 is 0.467 bits per heavy atom. The zero-order valence-corrected chi connectivity index (χ0v) is 22.9. The summed E-state index contributed by atoms with van der Waals surface area (Å²) in [6, 6.07) is -3.54. The highest BCUT2D eigenvalue weighted by Crippen LogP contribution is 2.62. The van der Waals surface area contributed by atoms with E-state index in [0.29, 0.717) is 21.9 Å². The van der Waals surface area contributed by atoms with Crippen LogP contribution in [0.1, 0.15) is 48.3 Å². The van der Waals surface area contributed by atoms with E-state index in [9.17, 15) is 11.0 Å². The van der Waals surface area contributed by atoms with Gasteiger partial charge in [0.15, 0.2) is 0 Å². The van der Waals surface area contributed by atoms with Crippen LogP contribution in [-0.2, 0) is 5.41 Å². The first kappa shape index (κ1) is 12.6. The van der Waals surface area contributed by atoms with Gasteiger partial charge in [-0.05, 0) is 74.8 Å². The van der Waals surface area contributed by atoms with Gasteiger partial charge < -0.3 is 9.15 Å². The van der Waals surface area contributed by atoms with Crippen LogP contribution in [-0.4, -0.2) is 0 Å². The van der Waals surface area contributed by atoms with Crippen LogP contribution in [0.2, 0.25) is 0 Å². The lowest BCUT2D eigenvalue weighted by atomic mass is 9.66. The maximum atomic E-state index is 9.90. The van der Waals surface area contributed by atoms with Crippen molar-refractivity contribution < 1.29 is 35.2 Å². The summed E-state index contributed by atoms with van der Waals surface area (Å²) in [6.07, 6.45) is 0. The molecule has 0 saturated carbocycles. The second-order valence-corrected chi connectivity index (χ2v) is 10.6. The van der Waals surface area contributed by atoms with Crippen molar-refractivity contribution in [2.24, 2.45) is 0 Å². The Labute approximate surface area is 287 Å². The highest BCUT2D eigenvalue weighted by molar-refractivity contribution is 6.06. The predicted molar refractivity (Wildman–Crippen MR) is 182 cm³/mol. The summed E-state index contributed by atoms with van der Waals surface area (Å²) >= 11 is 0. The first-order valence-corrected chi connectivity index (χ1v) is 13.9. The van der Waals surface area contributed by atoms with Crippen LogP contribution >= 0.6 is 0 Å². The summed E-state index contributed by atoms with van der Waals surface area (Å²) < 4.78 is 185. The molecule has 7 aromatic carbocycles. The summed E-state index contributed by atoms with van der Waals surface area (Å²) in [6.45, 7) is 0. The van der Waals surface area contributed by atoms with Gasteiger partial charge in [-0.15, -0.1) is 0 Å². The summed E-state index contributed by atoms with van der Waals surface area (Å²) in [7, 11) is 0. The van der Waals surface area contributed by atoms with Crippen molar-refractivity contribution in [3.05, 3.63) is 180 Å². The van der Waals surface area contributed by atoms with E-state index in [-0.39, 0.29) is 11.1 Å². The summed E-state index contributed by atoms with van der Waals surface area (Å²) in [5.41, 5.74) is -5.98. The molecule has 1 aliphatic heterocycles. The molecule has 2 heteroatoms. The molecule has 10 rings (SSSR count). The number of rotatable bonds is 2. The Bertz CT molecular complexity index is 3470. The molecule has 2 aliphatic rings. The summed E-state index contributed by atoms with van der Waals surface area (Å²) in [4.78, 5) is 0. The third-order valence-electron chi connectivity index (χ3n) is 8.36. The number of ether oxygens (including phenoxy) is 1. The van der Waals surface area contributed by atoms with Crippen LogP contribution < -0.4 is 4.74 Å². The lowest BCUT2D eigenvalue weighted by molar-refractivity contribution is 0.436. The molecule has 8 aromatic rings. The number of furan rings is 1. The van der Waals surface area contributed by atoms with Gasteiger partial charge >= 0.3 is 0 Å². The molecule has 0 radical (unpaired) electrons. The molecule has 1 aromatic heterocycles. The standard InChI is InChI=1S/C43H26O2/c1-2-12-30(29(11-1)27-22-24-40-34(25-27)33-15-5-9-19-39(33)44-40)28-21-23-38-42(26-28)45-41-20-10-8-18-37(41)43(38)35-16-6-3-13-31(35)32-14-4-7-17-36(32)43/h1-26H/i1D,2D,3D,4D,6D,7D,8D,10D,11D,12D,13D,14D,16D,17D,18D,20D,21D,23D,26D. The molecule has 0 atom stereocenters. The van der Waals surface area contributed by atoms with Crippen LogP contribution in [0.4, 0.5) is 0 Å². The Balaban J connectivity index is 1.42. The molecule has 2 nitrogen and oxygen atoms in total. The van der Waals surface area contributed by atoms with Crippen molar-refractivity contribution in [3.8, 4) is 44.9 Å². The van der Waals surface area contributed by atoms with Crippen molar-refractivity contribution in [2.75, 3.05) is 0 Å². The van der Waals surface area contributed by atoms with Crippen LogP contribution in [0.25, 0.3) is 55.3 Å². The zero-order valence-electron chi connectivity index (χ0n) is 41.9. The number of hydrogen-bond donors (Lipinski definition) is 0. The molecule has 1 spiro atoms. The van der Waals surface area contributed by atoms with E-state index in [1.165, 1.54) is 6.07 Å². The molecule has 0 N–H and O–H groups in total. The van der Waals surface area contributed by atoms with E-state index in [1.54, 1.807) is 36.4 Å². The molecule has 45 heavy (non-hydrogen) atoms. The van der Waals surface area contributed by atoms with Crippen LogP contribution in [0.3, 0.4) is 0 Å². The average molecular weight is 594 g/mol. The topological polar surface area (TPSA) is 22.4 Å². The van der Waals surface area contributed by atoms with Crippen LogP contribution in [0.15, 0.2) is 162 Å². The number of benzene rings is 7. The largest absolute Gasteiger partial charge is 0.457 e. The van der Waals surface area contributed by atoms with E-state index in [0.717, 1.165) is 0 Å². The normalized spacial score (nSPS) is 19.6. The van der Waals surface area contributed by atoms with E-state index in [2.05, 4.69) is 0 Å². The number of hydrogen-bond acceptors (Lipinski definition) is 2. The van der Waals surface area contributed by atoms with Crippen molar-refractivity contribution in [2.45, 2.75) is 5.41 Å². The number of fused-ring (bicyclic) bond motifs is 12. The second-order valence-electron chi connectivity index (χ2n) is 10.6. The highest BCUT2D eigenvalue weighted by Gasteiger charge is 2.50. The fraction of sp³-hybridized carbons (Fsp3) is 0.0233. The van der Waals surface area contributed by atoms with E-state index in [1.807, 2.05) is 0 Å². The molecule has 0 fully saturated rings. The monoisotopic (exact) mass is 593 g/mol. The minimum absolute atomic E-state index is 0.188. The molecule has 0 saturated heterocycles. The SMILES string of the molecule is [2H]c1c([2H])c([2H])c2c(c1[2H])Oc1c([2H])c(-c3c([2H])c([2H])c([2H])c([2H])c3-c3ccc4oc5ccccc5c4c3)c([2H])c([2H])c1C21c2c([2H])c([2H])c([2H])c([2H])c2-c2c([2H])c([2H])c([2H])c([2H])c21. The lowest BCUT2D eigenvalue weighted by Crippen LogP contribution is -2.32. The van der Waals surface area contributed by atoms with E-state index >= 15 is 0 Å². The summed E-state index contributed by atoms with van der Waals surface area (Å²) in [5.74, 6) is -1.46. The highest BCUT2D eigenvalue weighted by atomic mass is 16.5. The molecule has 210 valence electrons. The quantitative estimate of drug-likeness (QED) is 0.199. The molecule has 2 heterocycles. The maximum Gasteiger partial charge on any atom is 0.135 e. The Morgan fingerprint density at radius 2 is 1.07 bits per heavy atom. The van der Waals surface area contributed by atoms with Crippen molar-refractivity contribution in [3.63, 3.8) is 0 Å². The molecule has 0 unspecified atom stereocenters. The summed E-state index contributed by atoms with van der Waals surface area (Å²) in [5, 5.41) is 1.25. The Morgan fingerprint density at radius 3 is 1.84 bits per heavy atom. The molecule has 1 aliphatic carbocycles. The van der Waals surface area contributed by atoms with Crippen LogP contribution in [0, 0.1) is 0 Å². The molecular formula is C43H26O2. The Kier molecular flexibility index (Phi) is 2.55. The lowest BCUT2D eigenvalue weighted by Gasteiger charge is -2.39. The van der Waals surface area contributed by atoms with E-state index in [4.69, 9.17) is 24.2 Å². The Hall–Kier alpha value is -5.86. The van der Waals surface area contributed by atoms with E-state index < -0.39 is 176 Å². The fourth-order valence-electron chi connectivity index (χ4n) is 6.51. The molecule has 0 bridgehead atoms. The van der Waals surface area contributed by atoms with Crippen molar-refractivity contribution in [1.29, 1.82) is 0 Å². The van der Waals surface area contributed by atoms with Gasteiger partial charge in [-0.25, -0.2) is 0 Å². The van der Waals surface area contributed by atoms with Gasteiger partial charge in [0.05, 0.1) is 31.5 Å². The smallest absolute Gasteiger partial charge is 0.135 e. The van der Waals surface area contributed by atoms with Crippen molar-refractivity contribution >= 4 is 21.9 Å². The van der Waals surface area contributed by atoms with Gasteiger partial charge in [0.2, 0.25) is 0 Å². The van der Waals surface area contributed by atoms with Gasteiger partial charge in [0, 0.05) is 21.9 Å². The minimum atomic E-state index is -2.72. The molecule has 0 amide bonds. The second kappa shape index (κ2) is 9.07. The first-order chi connectivity index (χ1) is 30.2. The maximum absolute atomic E-state index is 9.90. The predicted octanol–water partition coefficient (Wildman–Crippen LogP) is 11.4. The van der Waals surface area contributed by atoms with Crippen molar-refractivity contribution in [1.82, 2.24) is 0 Å². The first-order valence-electron chi connectivity index (χ1n) is 23.4. The van der Waals surface area contributed by atoms with Gasteiger partial charge in [-0.3, -0.25) is 0 Å². The van der Waals surface area contributed by atoms with Gasteiger partial charge in [0.25, 0.3) is 0 Å². The third-order valence-corrected chi connectivity index (χ3v) is 8.36. The van der Waals surface area contributed by atoms with Crippen LogP contribution in [0.5, 0.6) is 11.5 Å². The minimum Gasteiger partial charge on any atom is -0.457 e. The zero-order chi connectivity index (χ0) is 46.1. The third kappa shape index (κ3) is 3.29. The van der Waals surface area contributed by atoms with Gasteiger partial charge in [-0.1, -0.05) is 127 Å². The number of para-hydroxylation sites is 2. The van der Waals surface area contributed by atoms with Gasteiger partial charge in [-0.2, -0.15) is 0 Å². The average Bonchev–Trinajstić information content (AvgIpc) is 3.81. The molecular weight excluding hydrogens is 548 g/mol.